The third kappa shape index (κ3) is 5.06. The van der Waals surface area contributed by atoms with E-state index in [0.29, 0.717) is 24.7 Å². The largest absolute Gasteiger partial charge is 0.489 e. The molecule has 2 saturated heterocycles. The molecule has 0 aliphatic carbocycles. The summed E-state index contributed by atoms with van der Waals surface area (Å²) in [7, 11) is 0. The number of nitrogens with one attached hydrogen (secondary N) is 1. The van der Waals surface area contributed by atoms with E-state index in [0.717, 1.165) is 43.7 Å². The Hall–Kier alpha value is -2.90. The van der Waals surface area contributed by atoms with Crippen LogP contribution in [0.1, 0.15) is 51.1 Å². The average molecular weight is 428 g/mol. The van der Waals surface area contributed by atoms with Crippen molar-refractivity contribution in [1.29, 1.82) is 0 Å². The van der Waals surface area contributed by atoms with Crippen LogP contribution >= 0.6 is 0 Å². The highest BCUT2D eigenvalue weighted by molar-refractivity contribution is 5.73. The summed E-state index contributed by atoms with van der Waals surface area (Å²) in [5.41, 5.74) is 1.02. The van der Waals surface area contributed by atoms with Gasteiger partial charge in [-0.2, -0.15) is 4.39 Å². The summed E-state index contributed by atoms with van der Waals surface area (Å²) in [6.07, 6.45) is 5.56. The van der Waals surface area contributed by atoms with E-state index >= 15 is 4.39 Å². The Bertz CT molecular complexity index is 901. The van der Waals surface area contributed by atoms with E-state index in [4.69, 9.17) is 4.74 Å². The Balaban J connectivity index is 1.38. The molecule has 0 radical (unpaired) electrons. The molecule has 1 N–H and O–H groups in total. The van der Waals surface area contributed by atoms with E-state index in [1.165, 1.54) is 19.7 Å². The number of nitrogens with zero attached hydrogens (tertiary/aromatic N) is 4. The van der Waals surface area contributed by atoms with Crippen molar-refractivity contribution < 1.29 is 13.9 Å². The Labute approximate surface area is 182 Å². The molecular weight excluding hydrogens is 397 g/mol. The molecule has 2 fully saturated rings. The monoisotopic (exact) mass is 427 g/mol. The number of carbonyl (C=O) groups is 1. The lowest BCUT2D eigenvalue weighted by Gasteiger charge is -2.29. The fourth-order valence-electron chi connectivity index (χ4n) is 4.33. The van der Waals surface area contributed by atoms with Crippen LogP contribution in [0.2, 0.25) is 0 Å². The zero-order chi connectivity index (χ0) is 21.8. The molecule has 1 aromatic heterocycles. The van der Waals surface area contributed by atoms with Gasteiger partial charge < -0.3 is 19.9 Å². The van der Waals surface area contributed by atoms with Gasteiger partial charge in [-0.05, 0) is 43.9 Å². The number of hydrogen-bond donors (Lipinski definition) is 1. The van der Waals surface area contributed by atoms with Crippen molar-refractivity contribution >= 4 is 17.5 Å². The average Bonchev–Trinajstić information content (AvgIpc) is 3.22. The van der Waals surface area contributed by atoms with Crippen LogP contribution in [0.25, 0.3) is 0 Å². The van der Waals surface area contributed by atoms with Crippen LogP contribution in [0, 0.1) is 5.82 Å². The van der Waals surface area contributed by atoms with E-state index in [1.54, 1.807) is 0 Å². The molecule has 2 aliphatic rings. The summed E-state index contributed by atoms with van der Waals surface area (Å²) >= 11 is 0. The van der Waals surface area contributed by atoms with Crippen LogP contribution in [0.3, 0.4) is 0 Å². The number of piperidine rings is 1. The van der Waals surface area contributed by atoms with E-state index in [-0.39, 0.29) is 23.9 Å². The molecule has 2 atom stereocenters. The quantitative estimate of drug-likeness (QED) is 0.761. The second kappa shape index (κ2) is 9.49. The summed E-state index contributed by atoms with van der Waals surface area (Å²) in [6.45, 7) is 6.41. The van der Waals surface area contributed by atoms with Gasteiger partial charge in [-0.3, -0.25) is 4.79 Å². The minimum absolute atomic E-state index is 0.0357. The van der Waals surface area contributed by atoms with Crippen LogP contribution in [0.4, 0.5) is 16.0 Å². The highest BCUT2D eigenvalue weighted by Crippen LogP contribution is 2.29. The van der Waals surface area contributed by atoms with Crippen molar-refractivity contribution in [3.63, 3.8) is 0 Å². The van der Waals surface area contributed by atoms with E-state index < -0.39 is 0 Å². The lowest BCUT2D eigenvalue weighted by molar-refractivity contribution is -0.119. The predicted octanol–water partition coefficient (Wildman–Crippen LogP) is 3.46. The molecule has 0 bridgehead atoms. The van der Waals surface area contributed by atoms with Gasteiger partial charge in [0.2, 0.25) is 11.7 Å². The molecule has 1 aromatic carbocycles. The maximum absolute atomic E-state index is 15.2. The maximum Gasteiger partial charge on any atom is 0.217 e. The molecule has 4 rings (SSSR count). The summed E-state index contributed by atoms with van der Waals surface area (Å²) in [4.78, 5) is 23.7. The number of halogens is 1. The smallest absolute Gasteiger partial charge is 0.217 e. The second-order valence-electron chi connectivity index (χ2n) is 8.35. The number of benzene rings is 1. The van der Waals surface area contributed by atoms with Crippen LogP contribution in [0.5, 0.6) is 5.75 Å². The highest BCUT2D eigenvalue weighted by Gasteiger charge is 2.29. The fourth-order valence-corrected chi connectivity index (χ4v) is 4.33. The van der Waals surface area contributed by atoms with Crippen LogP contribution in [-0.4, -0.2) is 48.2 Å². The molecular formula is C23H30FN5O2. The molecule has 2 aliphatic heterocycles. The van der Waals surface area contributed by atoms with E-state index in [9.17, 15) is 4.79 Å². The van der Waals surface area contributed by atoms with Crippen LogP contribution in [0.15, 0.2) is 30.6 Å². The first-order chi connectivity index (χ1) is 15.0. The lowest BCUT2D eigenvalue weighted by Crippen LogP contribution is -2.32. The molecule has 166 valence electrons. The van der Waals surface area contributed by atoms with Gasteiger partial charge in [0.05, 0.1) is 12.6 Å². The standard InChI is InChI=1S/C23H30FN5O2/c1-16(27-17(2)30)18-6-8-19(9-7-18)31-20-10-13-29(14-20)23-21(24)22(25-15-26-23)28-11-4-3-5-12-28/h6-9,15-16,20H,3-5,10-14H2,1-2H3,(H,27,30)/t16-,20+/m0/s1. The van der Waals surface area contributed by atoms with Gasteiger partial charge in [-0.1, -0.05) is 12.1 Å². The minimum atomic E-state index is -0.332. The number of amides is 1. The highest BCUT2D eigenvalue weighted by atomic mass is 19.1. The van der Waals surface area contributed by atoms with Crippen molar-refractivity contribution in [3.05, 3.63) is 42.0 Å². The van der Waals surface area contributed by atoms with Gasteiger partial charge in [-0.25, -0.2) is 9.97 Å². The lowest BCUT2D eigenvalue weighted by atomic mass is 10.1. The summed E-state index contributed by atoms with van der Waals surface area (Å²) in [6, 6.07) is 7.69. The van der Waals surface area contributed by atoms with Crippen molar-refractivity contribution in [1.82, 2.24) is 15.3 Å². The minimum Gasteiger partial charge on any atom is -0.489 e. The number of anilines is 2. The molecule has 31 heavy (non-hydrogen) atoms. The van der Waals surface area contributed by atoms with E-state index in [2.05, 4.69) is 15.3 Å². The second-order valence-corrected chi connectivity index (χ2v) is 8.35. The molecule has 8 heteroatoms. The van der Waals surface area contributed by atoms with Crippen molar-refractivity contribution in [2.24, 2.45) is 0 Å². The molecule has 1 amide bonds. The van der Waals surface area contributed by atoms with Gasteiger partial charge >= 0.3 is 0 Å². The summed E-state index contributed by atoms with van der Waals surface area (Å²) < 4.78 is 21.3. The number of hydrogen-bond acceptors (Lipinski definition) is 6. The summed E-state index contributed by atoms with van der Waals surface area (Å²) in [5.74, 6) is 1.16. The molecule has 2 aromatic rings. The fraction of sp³-hybridized carbons (Fsp3) is 0.522. The van der Waals surface area contributed by atoms with Gasteiger partial charge in [-0.15, -0.1) is 0 Å². The number of carbonyl (C=O) groups excluding carboxylic acids is 1. The first-order valence-electron chi connectivity index (χ1n) is 11.1. The SMILES string of the molecule is CC(=O)N[C@@H](C)c1ccc(O[C@@H]2CCN(c3ncnc(N4CCCCC4)c3F)C2)cc1. The van der Waals surface area contributed by atoms with Crippen LogP contribution < -0.4 is 19.9 Å². The first-order valence-corrected chi connectivity index (χ1v) is 11.1. The summed E-state index contributed by atoms with van der Waals surface area (Å²) in [5, 5.41) is 2.87. The Kier molecular flexibility index (Phi) is 6.53. The van der Waals surface area contributed by atoms with Crippen molar-refractivity contribution in [3.8, 4) is 5.75 Å². The van der Waals surface area contributed by atoms with Gasteiger partial charge in [0.1, 0.15) is 18.2 Å². The van der Waals surface area contributed by atoms with Crippen molar-refractivity contribution in [2.45, 2.75) is 51.7 Å². The normalized spacial score (nSPS) is 19.9. The zero-order valence-corrected chi connectivity index (χ0v) is 18.2. The van der Waals surface area contributed by atoms with Gasteiger partial charge in [0.15, 0.2) is 11.6 Å². The van der Waals surface area contributed by atoms with Crippen LogP contribution in [-0.2, 0) is 4.79 Å². The number of aromatic nitrogens is 2. The third-order valence-corrected chi connectivity index (χ3v) is 5.96. The Morgan fingerprint density at radius 2 is 1.77 bits per heavy atom. The molecule has 0 spiro atoms. The molecule has 0 unspecified atom stereocenters. The molecule has 0 saturated carbocycles. The molecule has 7 nitrogen and oxygen atoms in total. The maximum atomic E-state index is 15.2. The third-order valence-electron chi connectivity index (χ3n) is 5.96. The van der Waals surface area contributed by atoms with Gasteiger partial charge in [0, 0.05) is 33.0 Å². The van der Waals surface area contributed by atoms with Gasteiger partial charge in [0.25, 0.3) is 0 Å². The topological polar surface area (TPSA) is 70.6 Å². The number of ether oxygens (including phenoxy) is 1. The van der Waals surface area contributed by atoms with Crippen molar-refractivity contribution in [2.75, 3.05) is 36.0 Å². The Morgan fingerprint density at radius 1 is 1.10 bits per heavy atom. The number of rotatable bonds is 6. The van der Waals surface area contributed by atoms with E-state index in [1.807, 2.05) is 41.0 Å². The Morgan fingerprint density at radius 3 is 2.45 bits per heavy atom. The molecule has 3 heterocycles. The predicted molar refractivity (Wildman–Crippen MR) is 118 cm³/mol. The zero-order valence-electron chi connectivity index (χ0n) is 18.2. The first kappa shape index (κ1) is 21.3.